The minimum Gasteiger partial charge on any atom is -0.465 e. The van der Waals surface area contributed by atoms with E-state index in [0.29, 0.717) is 17.3 Å². The molecule has 170 valence electrons. The van der Waals surface area contributed by atoms with Gasteiger partial charge in [0, 0.05) is 23.8 Å². The van der Waals surface area contributed by atoms with Crippen molar-refractivity contribution in [2.24, 2.45) is 0 Å². The van der Waals surface area contributed by atoms with Crippen molar-refractivity contribution in [1.82, 2.24) is 19.8 Å². The molecule has 1 aromatic carbocycles. The topological polar surface area (TPSA) is 85.7 Å². The van der Waals surface area contributed by atoms with Gasteiger partial charge in [-0.3, -0.25) is 9.78 Å². The van der Waals surface area contributed by atoms with Crippen LogP contribution in [0.3, 0.4) is 0 Å². The first kappa shape index (κ1) is 22.5. The Hall–Kier alpha value is -3.72. The average molecular weight is 465 g/mol. The predicted octanol–water partition coefficient (Wildman–Crippen LogP) is 3.19. The second-order valence-corrected chi connectivity index (χ2v) is 7.79. The average Bonchev–Trinajstić information content (AvgIpc) is 3.44. The van der Waals surface area contributed by atoms with Crippen LogP contribution in [-0.4, -0.2) is 51.8 Å². The Morgan fingerprint density at radius 3 is 2.58 bits per heavy atom. The fourth-order valence-corrected chi connectivity index (χ4v) is 4.29. The minimum absolute atomic E-state index is 0.0140. The highest BCUT2D eigenvalue weighted by Gasteiger charge is 2.42. The summed E-state index contributed by atoms with van der Waals surface area (Å²) in [4.78, 5) is 30.5. The summed E-state index contributed by atoms with van der Waals surface area (Å²) in [6.07, 6.45) is 3.66. The van der Waals surface area contributed by atoms with Gasteiger partial charge < -0.3 is 24.3 Å². The van der Waals surface area contributed by atoms with Crippen molar-refractivity contribution in [1.29, 1.82) is 0 Å². The van der Waals surface area contributed by atoms with E-state index in [9.17, 15) is 9.59 Å². The summed E-state index contributed by atoms with van der Waals surface area (Å²) >= 11 is 5.61. The van der Waals surface area contributed by atoms with Crippen molar-refractivity contribution in [3.05, 3.63) is 83.9 Å². The fraction of sp³-hybridized carbons (Fsp3) is 0.250. The molecule has 1 N–H and O–H groups in total. The number of rotatable bonds is 7. The summed E-state index contributed by atoms with van der Waals surface area (Å²) in [6, 6.07) is 16.2. The molecule has 0 aliphatic carbocycles. The monoisotopic (exact) mass is 464 g/mol. The van der Waals surface area contributed by atoms with Crippen LogP contribution in [0.25, 0.3) is 5.69 Å². The van der Waals surface area contributed by atoms with Crippen molar-refractivity contribution in [3.63, 3.8) is 0 Å². The summed E-state index contributed by atoms with van der Waals surface area (Å²) in [5.74, 6) is -0.746. The van der Waals surface area contributed by atoms with Gasteiger partial charge in [0.15, 0.2) is 5.11 Å². The first-order valence-corrected chi connectivity index (χ1v) is 10.9. The van der Waals surface area contributed by atoms with Crippen molar-refractivity contribution in [2.45, 2.75) is 19.0 Å². The molecule has 0 unspecified atom stereocenters. The van der Waals surface area contributed by atoms with E-state index in [1.807, 2.05) is 58.1 Å². The zero-order valence-electron chi connectivity index (χ0n) is 18.3. The van der Waals surface area contributed by atoms with Gasteiger partial charge in [0.1, 0.15) is 6.54 Å². The smallest absolute Gasteiger partial charge is 0.337 e. The molecule has 2 aromatic heterocycles. The molecule has 0 radical (unpaired) electrons. The first-order chi connectivity index (χ1) is 16.0. The number of carbonyl (C=O) groups is 2. The van der Waals surface area contributed by atoms with E-state index < -0.39 is 5.97 Å². The zero-order chi connectivity index (χ0) is 23.4. The first-order valence-electron chi connectivity index (χ1n) is 10.5. The molecule has 1 saturated heterocycles. The minimum atomic E-state index is -0.393. The number of pyridine rings is 1. The molecule has 3 heterocycles. The summed E-state index contributed by atoms with van der Waals surface area (Å²) in [5.41, 5.74) is 3.04. The maximum Gasteiger partial charge on any atom is 0.337 e. The third-order valence-electron chi connectivity index (χ3n) is 5.45. The zero-order valence-corrected chi connectivity index (χ0v) is 19.1. The van der Waals surface area contributed by atoms with E-state index in [1.165, 1.54) is 7.11 Å². The van der Waals surface area contributed by atoms with Crippen LogP contribution in [0.15, 0.2) is 67.0 Å². The lowest BCUT2D eigenvalue weighted by atomic mass is 10.0. The van der Waals surface area contributed by atoms with Crippen LogP contribution < -0.4 is 5.32 Å². The van der Waals surface area contributed by atoms with Gasteiger partial charge in [-0.2, -0.15) is 0 Å². The Labute approximate surface area is 197 Å². The van der Waals surface area contributed by atoms with Gasteiger partial charge in [-0.25, -0.2) is 4.79 Å². The Balaban J connectivity index is 1.74. The normalized spacial score (nSPS) is 17.5. The lowest BCUT2D eigenvalue weighted by Gasteiger charge is -2.28. The van der Waals surface area contributed by atoms with Crippen molar-refractivity contribution < 1.29 is 19.1 Å². The summed E-state index contributed by atoms with van der Waals surface area (Å²) in [5, 5.41) is 3.79. The Bertz CT molecular complexity index is 1150. The second kappa shape index (κ2) is 9.83. The molecule has 0 amide bonds. The van der Waals surface area contributed by atoms with Gasteiger partial charge in [0.05, 0.1) is 37.1 Å². The fourth-order valence-electron chi connectivity index (χ4n) is 3.99. The molecule has 1 fully saturated rings. The molecular formula is C24H24N4O4S. The maximum absolute atomic E-state index is 12.4. The van der Waals surface area contributed by atoms with E-state index >= 15 is 0 Å². The highest BCUT2D eigenvalue weighted by molar-refractivity contribution is 7.80. The Morgan fingerprint density at radius 2 is 1.91 bits per heavy atom. The number of aromatic nitrogens is 2. The highest BCUT2D eigenvalue weighted by Crippen LogP contribution is 2.39. The third-order valence-corrected chi connectivity index (χ3v) is 5.80. The van der Waals surface area contributed by atoms with Crippen LogP contribution in [-0.2, 0) is 14.3 Å². The number of nitrogens with zero attached hydrogens (tertiary/aromatic N) is 3. The van der Waals surface area contributed by atoms with Crippen LogP contribution >= 0.6 is 12.2 Å². The molecule has 4 rings (SSSR count). The van der Waals surface area contributed by atoms with E-state index in [-0.39, 0.29) is 24.6 Å². The summed E-state index contributed by atoms with van der Waals surface area (Å²) < 4.78 is 12.0. The molecule has 1 aliphatic heterocycles. The lowest BCUT2D eigenvalue weighted by molar-refractivity contribution is -0.143. The van der Waals surface area contributed by atoms with E-state index in [4.69, 9.17) is 21.7 Å². The number of thiocarbonyl (C=S) groups is 1. The van der Waals surface area contributed by atoms with Gasteiger partial charge in [0.25, 0.3) is 0 Å². The van der Waals surface area contributed by atoms with Crippen LogP contribution in [0.1, 0.15) is 40.8 Å². The van der Waals surface area contributed by atoms with E-state index in [1.54, 1.807) is 25.3 Å². The molecule has 1 aliphatic rings. The van der Waals surface area contributed by atoms with Gasteiger partial charge in [-0.1, -0.05) is 6.07 Å². The molecule has 3 aromatic rings. The number of benzene rings is 1. The number of nitrogens with one attached hydrogen (secondary N) is 1. The maximum atomic E-state index is 12.4. The molecule has 0 bridgehead atoms. The van der Waals surface area contributed by atoms with Crippen molar-refractivity contribution >= 4 is 29.3 Å². The summed E-state index contributed by atoms with van der Waals surface area (Å²) in [7, 11) is 1.35. The number of methoxy groups -OCH3 is 1. The molecule has 0 saturated carbocycles. The number of ether oxygens (including phenoxy) is 2. The SMILES string of the molecule is CCOC(=O)CN1C(=S)N[C@H](c2ccccn2)[C@H]1c1cccn1-c1ccc(C(=O)OC)cc1. The van der Waals surface area contributed by atoms with Crippen LogP contribution in [0.2, 0.25) is 0 Å². The lowest BCUT2D eigenvalue weighted by Crippen LogP contribution is -2.36. The van der Waals surface area contributed by atoms with Crippen LogP contribution in [0.5, 0.6) is 0 Å². The van der Waals surface area contributed by atoms with Gasteiger partial charge in [-0.15, -0.1) is 0 Å². The van der Waals surface area contributed by atoms with Crippen LogP contribution in [0, 0.1) is 0 Å². The number of carbonyl (C=O) groups excluding carboxylic acids is 2. The predicted molar refractivity (Wildman–Crippen MR) is 126 cm³/mol. The van der Waals surface area contributed by atoms with Gasteiger partial charge in [0.2, 0.25) is 0 Å². The number of hydrogen-bond donors (Lipinski definition) is 1. The molecule has 33 heavy (non-hydrogen) atoms. The van der Waals surface area contributed by atoms with Gasteiger partial charge in [-0.05, 0) is 67.7 Å². The number of esters is 2. The Kier molecular flexibility index (Phi) is 6.69. The van der Waals surface area contributed by atoms with Gasteiger partial charge >= 0.3 is 11.9 Å². The molecule has 0 spiro atoms. The van der Waals surface area contributed by atoms with Crippen molar-refractivity contribution in [3.8, 4) is 5.69 Å². The van der Waals surface area contributed by atoms with E-state index in [2.05, 4.69) is 10.3 Å². The number of hydrogen-bond acceptors (Lipinski definition) is 6. The standard InChI is InChI=1S/C24H24N4O4S/c1-3-32-20(29)15-28-22(21(26-24(28)33)18-7-4-5-13-25-18)19-8-6-14-27(19)17-11-9-16(10-12-17)23(30)31-2/h4-14,21-22H,3,15H2,1-2H3,(H,26,33)/t21-,22-/m1/s1. The second-order valence-electron chi connectivity index (χ2n) is 7.40. The molecule has 8 nitrogen and oxygen atoms in total. The van der Waals surface area contributed by atoms with Crippen molar-refractivity contribution in [2.75, 3.05) is 20.3 Å². The largest absolute Gasteiger partial charge is 0.465 e. The molecule has 9 heteroatoms. The molecule has 2 atom stereocenters. The summed E-state index contributed by atoms with van der Waals surface area (Å²) in [6.45, 7) is 2.08. The molecular weight excluding hydrogens is 440 g/mol. The van der Waals surface area contributed by atoms with E-state index in [0.717, 1.165) is 17.1 Å². The third kappa shape index (κ3) is 4.58. The highest BCUT2D eigenvalue weighted by atomic mass is 32.1. The quantitative estimate of drug-likeness (QED) is 0.422. The van der Waals surface area contributed by atoms with Crippen LogP contribution in [0.4, 0.5) is 0 Å². The Morgan fingerprint density at radius 1 is 1.12 bits per heavy atom.